The molecule has 0 fully saturated rings. The fourth-order valence-corrected chi connectivity index (χ4v) is 0.923. The third-order valence-electron chi connectivity index (χ3n) is 1.18. The molecule has 0 spiro atoms. The average molecular weight is 155 g/mol. The van der Waals surface area contributed by atoms with Crippen LogP contribution in [0.4, 0.5) is 0 Å². The van der Waals surface area contributed by atoms with Crippen LogP contribution in [-0.2, 0) is 0 Å². The van der Waals surface area contributed by atoms with E-state index in [1.807, 2.05) is 0 Å². The van der Waals surface area contributed by atoms with Crippen molar-refractivity contribution >= 4 is 22.6 Å². The van der Waals surface area contributed by atoms with Gasteiger partial charge >= 0.3 is 0 Å². The number of H-pyrrole nitrogens is 1. The Morgan fingerprint density at radius 1 is 1.50 bits per heavy atom. The van der Waals surface area contributed by atoms with Gasteiger partial charge in [0.1, 0.15) is 17.4 Å². The lowest BCUT2D eigenvalue weighted by molar-refractivity contribution is 1.11. The van der Waals surface area contributed by atoms with Crippen LogP contribution in [0, 0.1) is 0 Å². The summed E-state index contributed by atoms with van der Waals surface area (Å²) in [5, 5.41) is 6.88. The molecule has 50 valence electrons. The minimum absolute atomic E-state index is 0.456. The first-order chi connectivity index (χ1) is 4.88. The van der Waals surface area contributed by atoms with E-state index >= 15 is 0 Å². The molecule has 0 radical (unpaired) electrons. The van der Waals surface area contributed by atoms with Crippen molar-refractivity contribution in [3.05, 3.63) is 17.7 Å². The molecule has 0 unspecified atom stereocenters. The molecule has 10 heavy (non-hydrogen) atoms. The number of halogens is 1. The molecule has 2 heterocycles. The van der Waals surface area contributed by atoms with Gasteiger partial charge in [0.05, 0.1) is 6.20 Å². The van der Waals surface area contributed by atoms with Crippen molar-refractivity contribution in [2.24, 2.45) is 0 Å². The molecule has 0 aliphatic heterocycles. The third-order valence-corrected chi connectivity index (χ3v) is 1.44. The first kappa shape index (κ1) is 5.61. The summed E-state index contributed by atoms with van der Waals surface area (Å²) >= 11 is 5.66. The van der Waals surface area contributed by atoms with Crippen molar-refractivity contribution in [3.8, 4) is 0 Å². The molecule has 4 nitrogen and oxygen atoms in total. The largest absolute Gasteiger partial charge is 0.265 e. The lowest BCUT2D eigenvalue weighted by Crippen LogP contribution is -1.75. The predicted molar refractivity (Wildman–Crippen MR) is 36.7 cm³/mol. The zero-order valence-corrected chi connectivity index (χ0v) is 5.63. The highest BCUT2D eigenvalue weighted by Crippen LogP contribution is 2.14. The molecule has 1 N–H and O–H groups in total. The Kier molecular flexibility index (Phi) is 1.07. The summed E-state index contributed by atoms with van der Waals surface area (Å²) in [7, 11) is 0. The monoisotopic (exact) mass is 154 g/mol. The van der Waals surface area contributed by atoms with Gasteiger partial charge in [-0.2, -0.15) is 5.10 Å². The van der Waals surface area contributed by atoms with Crippen LogP contribution in [0.25, 0.3) is 11.0 Å². The third kappa shape index (κ3) is 0.657. The second kappa shape index (κ2) is 1.91. The van der Waals surface area contributed by atoms with Crippen molar-refractivity contribution < 1.29 is 0 Å². The van der Waals surface area contributed by atoms with Crippen molar-refractivity contribution in [1.82, 2.24) is 20.2 Å². The second-order valence-electron chi connectivity index (χ2n) is 1.79. The summed E-state index contributed by atoms with van der Waals surface area (Å²) in [4.78, 5) is 7.68. The molecule has 0 amide bonds. The van der Waals surface area contributed by atoms with E-state index in [9.17, 15) is 0 Å². The number of rotatable bonds is 0. The van der Waals surface area contributed by atoms with Crippen molar-refractivity contribution in [3.63, 3.8) is 0 Å². The summed E-state index contributed by atoms with van der Waals surface area (Å²) in [6, 6.07) is 0. The maximum atomic E-state index is 5.66. The number of hydrogen-bond acceptors (Lipinski definition) is 3. The normalized spacial score (nSPS) is 10.5. The van der Waals surface area contributed by atoms with E-state index in [0.717, 1.165) is 0 Å². The molecule has 0 saturated carbocycles. The van der Waals surface area contributed by atoms with Gasteiger partial charge in [-0.15, -0.1) is 0 Å². The zero-order chi connectivity index (χ0) is 6.97. The van der Waals surface area contributed by atoms with E-state index in [2.05, 4.69) is 20.2 Å². The lowest BCUT2D eigenvalue weighted by Gasteiger charge is -1.81. The summed E-state index contributed by atoms with van der Waals surface area (Å²) < 4.78 is 0. The van der Waals surface area contributed by atoms with E-state index in [0.29, 0.717) is 16.2 Å². The summed E-state index contributed by atoms with van der Waals surface area (Å²) in [5.74, 6) is 0. The van der Waals surface area contributed by atoms with E-state index in [1.54, 1.807) is 6.20 Å². The van der Waals surface area contributed by atoms with Crippen LogP contribution >= 0.6 is 11.6 Å². The molecule has 0 saturated heterocycles. The number of hydrogen-bond donors (Lipinski definition) is 1. The molecule has 0 aliphatic carbocycles. The summed E-state index contributed by atoms with van der Waals surface area (Å²) in [6.45, 7) is 0. The summed E-state index contributed by atoms with van der Waals surface area (Å²) in [6.07, 6.45) is 3.04. The average Bonchev–Trinajstić information content (AvgIpc) is 2.34. The number of aromatic amines is 1. The minimum Gasteiger partial charge on any atom is -0.265 e. The SMILES string of the molecule is Clc1[nH]nc2cncnc12. The molecule has 2 aromatic heterocycles. The molecule has 0 bridgehead atoms. The Bertz CT molecular complexity index is 355. The molecule has 0 aliphatic rings. The van der Waals surface area contributed by atoms with E-state index in [-0.39, 0.29) is 0 Å². The fourth-order valence-electron chi connectivity index (χ4n) is 0.735. The Labute approximate surface area is 61.3 Å². The number of aromatic nitrogens is 4. The first-order valence-corrected chi connectivity index (χ1v) is 3.05. The van der Waals surface area contributed by atoms with Crippen LogP contribution in [0.3, 0.4) is 0 Å². The van der Waals surface area contributed by atoms with Crippen molar-refractivity contribution in [2.75, 3.05) is 0 Å². The Hall–Kier alpha value is -1.16. The zero-order valence-electron chi connectivity index (χ0n) is 4.87. The molecule has 2 aromatic rings. The van der Waals surface area contributed by atoms with E-state index < -0.39 is 0 Å². The number of fused-ring (bicyclic) bond motifs is 1. The van der Waals surface area contributed by atoms with Crippen molar-refractivity contribution in [1.29, 1.82) is 0 Å². The molecule has 0 aromatic carbocycles. The van der Waals surface area contributed by atoms with Gasteiger partial charge in [0.2, 0.25) is 0 Å². The Balaban J connectivity index is 2.93. The topological polar surface area (TPSA) is 54.5 Å². The minimum atomic E-state index is 0.456. The lowest BCUT2D eigenvalue weighted by atomic mass is 10.5. The molecular weight excluding hydrogens is 152 g/mol. The van der Waals surface area contributed by atoms with Gasteiger partial charge in [0.25, 0.3) is 0 Å². The fraction of sp³-hybridized carbons (Fsp3) is 0. The van der Waals surface area contributed by atoms with Gasteiger partial charge in [-0.25, -0.2) is 9.97 Å². The van der Waals surface area contributed by atoms with Crippen LogP contribution in [0.5, 0.6) is 0 Å². The molecular formula is C5H3ClN4. The highest BCUT2D eigenvalue weighted by molar-refractivity contribution is 6.33. The van der Waals surface area contributed by atoms with Crippen LogP contribution in [0.2, 0.25) is 5.15 Å². The Morgan fingerprint density at radius 3 is 3.20 bits per heavy atom. The molecule has 2 rings (SSSR count). The highest BCUT2D eigenvalue weighted by Gasteiger charge is 2.01. The van der Waals surface area contributed by atoms with Gasteiger partial charge in [-0.05, 0) is 0 Å². The van der Waals surface area contributed by atoms with Crippen LogP contribution in [-0.4, -0.2) is 20.2 Å². The Morgan fingerprint density at radius 2 is 2.40 bits per heavy atom. The number of nitrogens with one attached hydrogen (secondary N) is 1. The summed E-state index contributed by atoms with van der Waals surface area (Å²) in [5.41, 5.74) is 1.35. The van der Waals surface area contributed by atoms with Crippen LogP contribution < -0.4 is 0 Å². The van der Waals surface area contributed by atoms with E-state index in [4.69, 9.17) is 11.6 Å². The van der Waals surface area contributed by atoms with Gasteiger partial charge in [0, 0.05) is 0 Å². The smallest absolute Gasteiger partial charge is 0.150 e. The van der Waals surface area contributed by atoms with E-state index in [1.165, 1.54) is 6.33 Å². The maximum Gasteiger partial charge on any atom is 0.150 e. The molecule has 0 atom stereocenters. The first-order valence-electron chi connectivity index (χ1n) is 2.67. The quantitative estimate of drug-likeness (QED) is 0.616. The number of nitrogens with zero attached hydrogens (tertiary/aromatic N) is 3. The maximum absolute atomic E-state index is 5.66. The van der Waals surface area contributed by atoms with Crippen LogP contribution in [0.1, 0.15) is 0 Å². The standard InChI is InChI=1S/C5H3ClN4/c6-5-4-3(9-10-5)1-7-2-8-4/h1-2H,(H,9,10). The highest BCUT2D eigenvalue weighted by atomic mass is 35.5. The van der Waals surface area contributed by atoms with Crippen molar-refractivity contribution in [2.45, 2.75) is 0 Å². The second-order valence-corrected chi connectivity index (χ2v) is 2.17. The molecule has 5 heteroatoms. The van der Waals surface area contributed by atoms with Gasteiger partial charge in [0.15, 0.2) is 5.15 Å². The van der Waals surface area contributed by atoms with Gasteiger partial charge in [-0.3, -0.25) is 5.10 Å². The van der Waals surface area contributed by atoms with Gasteiger partial charge < -0.3 is 0 Å². The van der Waals surface area contributed by atoms with Crippen LogP contribution in [0.15, 0.2) is 12.5 Å². The predicted octanol–water partition coefficient (Wildman–Crippen LogP) is 1.01. The van der Waals surface area contributed by atoms with Gasteiger partial charge in [-0.1, -0.05) is 11.6 Å².